The Morgan fingerprint density at radius 1 is 1.05 bits per heavy atom. The van der Waals surface area contributed by atoms with Crippen LogP contribution in [0.3, 0.4) is 0 Å². The van der Waals surface area contributed by atoms with Gasteiger partial charge < -0.3 is 4.74 Å². The fourth-order valence-corrected chi connectivity index (χ4v) is 3.34. The molecule has 1 aromatic heterocycles. The first-order valence-electron chi connectivity index (χ1n) is 6.28. The Bertz CT molecular complexity index is 846. The summed E-state index contributed by atoms with van der Waals surface area (Å²) in [7, 11) is 0. The molecule has 20 heavy (non-hydrogen) atoms. The molecule has 102 valence electrons. The Labute approximate surface area is 125 Å². The minimum absolute atomic E-state index is 0.0344. The third-order valence-electron chi connectivity index (χ3n) is 2.92. The summed E-state index contributed by atoms with van der Waals surface area (Å²) >= 11 is 7.68. The van der Waals surface area contributed by atoms with Gasteiger partial charge in [0.2, 0.25) is 0 Å². The molecule has 0 N–H and O–H groups in total. The van der Waals surface area contributed by atoms with E-state index in [1.807, 2.05) is 42.5 Å². The van der Waals surface area contributed by atoms with E-state index in [2.05, 4.69) is 0 Å². The molecule has 3 rings (SSSR count). The molecule has 0 amide bonds. The Morgan fingerprint density at radius 2 is 1.75 bits per heavy atom. The number of hydrogen-bond acceptors (Lipinski definition) is 3. The summed E-state index contributed by atoms with van der Waals surface area (Å²) in [6.07, 6.45) is 0. The van der Waals surface area contributed by atoms with Crippen molar-refractivity contribution < 1.29 is 4.74 Å². The van der Waals surface area contributed by atoms with Crippen molar-refractivity contribution in [1.29, 1.82) is 0 Å². The molecule has 1 heterocycles. The highest BCUT2D eigenvalue weighted by atomic mass is 35.5. The average molecular weight is 305 g/mol. The molecule has 0 fully saturated rings. The van der Waals surface area contributed by atoms with E-state index in [9.17, 15) is 4.79 Å². The van der Waals surface area contributed by atoms with Crippen molar-refractivity contribution in [2.45, 2.75) is 18.9 Å². The van der Waals surface area contributed by atoms with Gasteiger partial charge in [0.1, 0.15) is 5.75 Å². The second kappa shape index (κ2) is 4.76. The monoisotopic (exact) mass is 304 g/mol. The van der Waals surface area contributed by atoms with E-state index in [1.165, 1.54) is 0 Å². The zero-order valence-corrected chi connectivity index (χ0v) is 12.7. The van der Waals surface area contributed by atoms with Crippen molar-refractivity contribution >= 4 is 43.1 Å². The van der Waals surface area contributed by atoms with Crippen molar-refractivity contribution in [3.05, 3.63) is 52.7 Å². The van der Waals surface area contributed by atoms with Gasteiger partial charge in [0.25, 0.3) is 0 Å². The van der Waals surface area contributed by atoms with Gasteiger partial charge in [-0.3, -0.25) is 4.79 Å². The number of rotatable bonds is 2. The maximum Gasteiger partial charge on any atom is 0.196 e. The van der Waals surface area contributed by atoms with Crippen LogP contribution in [0, 0.1) is 0 Å². The van der Waals surface area contributed by atoms with E-state index in [-0.39, 0.29) is 5.43 Å². The molecular formula is C16H13ClO2S. The smallest absolute Gasteiger partial charge is 0.196 e. The third-order valence-corrected chi connectivity index (χ3v) is 4.20. The van der Waals surface area contributed by atoms with Crippen LogP contribution >= 0.6 is 22.9 Å². The number of hydrogen-bond donors (Lipinski definition) is 0. The lowest BCUT2D eigenvalue weighted by Gasteiger charge is -2.19. The van der Waals surface area contributed by atoms with Gasteiger partial charge in [0, 0.05) is 15.5 Å². The maximum absolute atomic E-state index is 12.5. The molecule has 0 spiro atoms. The Hall–Kier alpha value is -1.58. The SMILES string of the molecule is CC(C)(Cl)Oc1cccc2c(=O)c3ccccc3sc12. The lowest BCUT2D eigenvalue weighted by Crippen LogP contribution is -2.19. The molecule has 0 aliphatic carbocycles. The summed E-state index contributed by atoms with van der Waals surface area (Å²) in [4.78, 5) is 12.5. The van der Waals surface area contributed by atoms with Crippen LogP contribution in [-0.2, 0) is 0 Å². The molecule has 2 aromatic carbocycles. The summed E-state index contributed by atoms with van der Waals surface area (Å²) in [5.41, 5.74) is 0.0344. The van der Waals surface area contributed by atoms with Crippen LogP contribution in [-0.4, -0.2) is 5.06 Å². The summed E-state index contributed by atoms with van der Waals surface area (Å²) in [5.74, 6) is 0.648. The van der Waals surface area contributed by atoms with Gasteiger partial charge in [-0.05, 0) is 38.1 Å². The molecule has 0 radical (unpaired) electrons. The predicted molar refractivity (Wildman–Crippen MR) is 86.2 cm³/mol. The van der Waals surface area contributed by atoms with Crippen LogP contribution in [0.5, 0.6) is 5.75 Å². The summed E-state index contributed by atoms with van der Waals surface area (Å²) in [6.45, 7) is 3.55. The highest BCUT2D eigenvalue weighted by Gasteiger charge is 2.18. The van der Waals surface area contributed by atoms with Crippen molar-refractivity contribution in [3.63, 3.8) is 0 Å². The first kappa shape index (κ1) is 13.4. The highest BCUT2D eigenvalue weighted by Crippen LogP contribution is 2.34. The Morgan fingerprint density at radius 3 is 2.50 bits per heavy atom. The molecule has 0 atom stereocenters. The number of fused-ring (bicyclic) bond motifs is 2. The zero-order valence-electron chi connectivity index (χ0n) is 11.1. The quantitative estimate of drug-likeness (QED) is 0.503. The second-order valence-corrected chi connectivity index (χ2v) is 6.99. The lowest BCUT2D eigenvalue weighted by atomic mass is 10.2. The van der Waals surface area contributed by atoms with E-state index in [4.69, 9.17) is 16.3 Å². The van der Waals surface area contributed by atoms with Crippen LogP contribution in [0.2, 0.25) is 0 Å². The topological polar surface area (TPSA) is 26.3 Å². The predicted octanol–water partition coefficient (Wildman–Crippen LogP) is 4.77. The van der Waals surface area contributed by atoms with Gasteiger partial charge in [-0.15, -0.1) is 11.3 Å². The second-order valence-electron chi connectivity index (χ2n) is 5.03. The zero-order chi connectivity index (χ0) is 14.3. The highest BCUT2D eigenvalue weighted by molar-refractivity contribution is 7.24. The van der Waals surface area contributed by atoms with Crippen molar-refractivity contribution in [2.75, 3.05) is 0 Å². The largest absolute Gasteiger partial charge is 0.471 e. The Balaban J connectivity index is 2.37. The summed E-state index contributed by atoms with van der Waals surface area (Å²) in [6, 6.07) is 13.1. The van der Waals surface area contributed by atoms with Crippen LogP contribution in [0.1, 0.15) is 13.8 Å². The third kappa shape index (κ3) is 2.39. The van der Waals surface area contributed by atoms with Gasteiger partial charge in [-0.1, -0.05) is 29.8 Å². The lowest BCUT2D eigenvalue weighted by molar-refractivity contribution is 0.202. The van der Waals surface area contributed by atoms with Crippen molar-refractivity contribution in [3.8, 4) is 5.75 Å². The van der Waals surface area contributed by atoms with Crippen molar-refractivity contribution in [2.24, 2.45) is 0 Å². The molecule has 4 heteroatoms. The van der Waals surface area contributed by atoms with Crippen molar-refractivity contribution in [1.82, 2.24) is 0 Å². The molecule has 0 saturated carbocycles. The van der Waals surface area contributed by atoms with Gasteiger partial charge in [-0.2, -0.15) is 0 Å². The summed E-state index contributed by atoms with van der Waals surface area (Å²) < 4.78 is 7.55. The first-order valence-corrected chi connectivity index (χ1v) is 7.48. The molecule has 3 aromatic rings. The maximum atomic E-state index is 12.5. The van der Waals surface area contributed by atoms with E-state index >= 15 is 0 Å². The molecule has 0 bridgehead atoms. The number of ether oxygens (including phenoxy) is 1. The van der Waals surface area contributed by atoms with Crippen LogP contribution in [0.15, 0.2) is 47.3 Å². The molecular weight excluding hydrogens is 292 g/mol. The molecule has 0 saturated heterocycles. The fraction of sp³-hybridized carbons (Fsp3) is 0.188. The van der Waals surface area contributed by atoms with E-state index in [0.29, 0.717) is 11.1 Å². The number of halogens is 1. The minimum atomic E-state index is -0.810. The van der Waals surface area contributed by atoms with Gasteiger partial charge in [0.05, 0.1) is 4.70 Å². The normalized spacial score (nSPS) is 11.9. The molecule has 0 aliphatic rings. The Kier molecular flexibility index (Phi) is 3.19. The van der Waals surface area contributed by atoms with E-state index in [0.717, 1.165) is 14.8 Å². The van der Waals surface area contributed by atoms with Gasteiger partial charge in [0.15, 0.2) is 10.5 Å². The summed E-state index contributed by atoms with van der Waals surface area (Å²) in [5, 5.41) is 0.606. The standard InChI is InChI=1S/C16H13ClO2S/c1-16(2,17)19-12-8-5-7-11-14(18)10-6-3-4-9-13(10)20-15(11)12/h3-9H,1-2H3. The number of benzene rings is 2. The van der Waals surface area contributed by atoms with Gasteiger partial charge >= 0.3 is 0 Å². The number of alkyl halides is 1. The fourth-order valence-electron chi connectivity index (χ4n) is 2.14. The van der Waals surface area contributed by atoms with E-state index < -0.39 is 5.06 Å². The van der Waals surface area contributed by atoms with Crippen LogP contribution < -0.4 is 10.2 Å². The van der Waals surface area contributed by atoms with Crippen LogP contribution in [0.25, 0.3) is 20.2 Å². The first-order chi connectivity index (χ1) is 9.46. The minimum Gasteiger partial charge on any atom is -0.471 e. The average Bonchev–Trinajstić information content (AvgIpc) is 2.39. The van der Waals surface area contributed by atoms with E-state index in [1.54, 1.807) is 25.2 Å². The van der Waals surface area contributed by atoms with Crippen LogP contribution in [0.4, 0.5) is 0 Å². The van der Waals surface area contributed by atoms with Gasteiger partial charge in [-0.25, -0.2) is 0 Å². The molecule has 2 nitrogen and oxygen atoms in total. The molecule has 0 unspecified atom stereocenters. The molecule has 0 aliphatic heterocycles.